The molecule has 1 aliphatic heterocycles. The number of ether oxygens (including phenoxy) is 4. The lowest BCUT2D eigenvalue weighted by atomic mass is 9.43. The summed E-state index contributed by atoms with van der Waals surface area (Å²) in [5, 5.41) is 12.0. The maximum absolute atomic E-state index is 12.7. The van der Waals surface area contributed by atoms with Crippen molar-refractivity contribution in [1.82, 2.24) is 4.90 Å². The number of piperidine rings is 1. The van der Waals surface area contributed by atoms with Gasteiger partial charge in [0.25, 0.3) is 0 Å². The first-order valence-electron chi connectivity index (χ1n) is 13.5. The van der Waals surface area contributed by atoms with Crippen LogP contribution in [0.5, 0.6) is 0 Å². The molecule has 6 fully saturated rings. The predicted octanol–water partition coefficient (Wildman–Crippen LogP) is 2.02. The summed E-state index contributed by atoms with van der Waals surface area (Å²) in [4.78, 5) is 27.6. The highest BCUT2D eigenvalue weighted by atomic mass is 16.6. The van der Waals surface area contributed by atoms with Crippen LogP contribution in [0, 0.1) is 40.4 Å². The van der Waals surface area contributed by atoms with Gasteiger partial charge in [-0.1, -0.05) is 6.92 Å². The van der Waals surface area contributed by atoms with Crippen LogP contribution in [0.2, 0.25) is 0 Å². The second kappa shape index (κ2) is 7.89. The van der Waals surface area contributed by atoms with Crippen LogP contribution in [0.4, 0.5) is 0 Å². The Kier molecular flexibility index (Phi) is 5.44. The zero-order valence-corrected chi connectivity index (χ0v) is 21.7. The Labute approximate surface area is 208 Å². The van der Waals surface area contributed by atoms with Gasteiger partial charge in [-0.25, -0.2) is 0 Å². The average Bonchev–Trinajstić information content (AvgIpc) is 3.24. The summed E-state index contributed by atoms with van der Waals surface area (Å²) in [6.07, 6.45) is 3.10. The van der Waals surface area contributed by atoms with Gasteiger partial charge in [-0.15, -0.1) is 0 Å². The van der Waals surface area contributed by atoms with Crippen molar-refractivity contribution in [3.05, 3.63) is 0 Å². The third kappa shape index (κ3) is 2.78. The Hall–Kier alpha value is -1.22. The minimum Gasteiger partial charge on any atom is -0.462 e. The van der Waals surface area contributed by atoms with E-state index in [2.05, 4.69) is 11.8 Å². The molecule has 0 radical (unpaired) electrons. The maximum atomic E-state index is 12.7. The van der Waals surface area contributed by atoms with Crippen molar-refractivity contribution in [2.24, 2.45) is 40.4 Å². The summed E-state index contributed by atoms with van der Waals surface area (Å²) in [5.74, 6) is -0.248. The topological polar surface area (TPSA) is 94.5 Å². The van der Waals surface area contributed by atoms with E-state index in [1.165, 1.54) is 13.8 Å². The molecule has 0 aromatic carbocycles. The Morgan fingerprint density at radius 3 is 2.51 bits per heavy atom. The van der Waals surface area contributed by atoms with E-state index in [9.17, 15) is 14.7 Å². The second-order valence-electron chi connectivity index (χ2n) is 12.4. The van der Waals surface area contributed by atoms with Crippen LogP contribution in [0.3, 0.4) is 0 Å². The third-order valence-corrected chi connectivity index (χ3v) is 11.5. The van der Waals surface area contributed by atoms with Gasteiger partial charge in [0.1, 0.15) is 11.7 Å². The zero-order chi connectivity index (χ0) is 24.9. The Morgan fingerprint density at radius 2 is 1.89 bits per heavy atom. The molecule has 0 aromatic rings. The number of aliphatic hydroxyl groups excluding tert-OH is 1. The molecule has 8 nitrogen and oxygen atoms in total. The molecule has 6 aliphatic rings. The SMILES string of the molecule is CCN1C[C@]2(COC)CC[C@H](O)[C@@]34[C@@H]5C[C@H]6[C@H](OC(C)=O)[C@@H]5[C@](OC(C)=O)(C[C@@H]6OC)[C@@H](C[C@H]23)[C@@H]14. The molecule has 5 saturated carbocycles. The molecule has 0 aromatic heterocycles. The van der Waals surface area contributed by atoms with Crippen LogP contribution in [0.1, 0.15) is 52.9 Å². The van der Waals surface area contributed by atoms with E-state index in [4.69, 9.17) is 18.9 Å². The minimum absolute atomic E-state index is 0.0268. The number of fused-ring (bicyclic) bond motifs is 2. The zero-order valence-electron chi connectivity index (χ0n) is 21.7. The molecule has 12 atom stereocenters. The van der Waals surface area contributed by atoms with Gasteiger partial charge >= 0.3 is 11.9 Å². The van der Waals surface area contributed by atoms with Crippen molar-refractivity contribution in [3.8, 4) is 0 Å². The molecule has 35 heavy (non-hydrogen) atoms. The summed E-state index contributed by atoms with van der Waals surface area (Å²) >= 11 is 0. The predicted molar refractivity (Wildman–Crippen MR) is 125 cm³/mol. The Bertz CT molecular complexity index is 912. The van der Waals surface area contributed by atoms with Gasteiger partial charge in [0.2, 0.25) is 0 Å². The first-order valence-corrected chi connectivity index (χ1v) is 13.5. The van der Waals surface area contributed by atoms with Crippen molar-refractivity contribution < 1.29 is 33.6 Å². The van der Waals surface area contributed by atoms with E-state index < -0.39 is 11.7 Å². The molecule has 7 bridgehead atoms. The largest absolute Gasteiger partial charge is 0.462 e. The number of methoxy groups -OCH3 is 2. The molecule has 6 rings (SSSR count). The van der Waals surface area contributed by atoms with Crippen LogP contribution in [0.15, 0.2) is 0 Å². The fraction of sp³-hybridized carbons (Fsp3) is 0.926. The number of carbonyl (C=O) groups is 2. The van der Waals surface area contributed by atoms with Crippen LogP contribution >= 0.6 is 0 Å². The van der Waals surface area contributed by atoms with Gasteiger partial charge in [-0.2, -0.15) is 0 Å². The highest BCUT2D eigenvalue weighted by molar-refractivity contribution is 5.67. The second-order valence-corrected chi connectivity index (χ2v) is 12.4. The molecule has 1 saturated heterocycles. The Morgan fingerprint density at radius 1 is 1.11 bits per heavy atom. The first kappa shape index (κ1) is 24.1. The summed E-state index contributed by atoms with van der Waals surface area (Å²) in [6, 6.07) is 0.130. The summed E-state index contributed by atoms with van der Waals surface area (Å²) in [7, 11) is 3.50. The monoisotopic (exact) mass is 491 g/mol. The molecule has 1 spiro atoms. The molecular weight excluding hydrogens is 450 g/mol. The molecular formula is C27H41NO7. The lowest BCUT2D eigenvalue weighted by molar-refractivity contribution is -0.278. The van der Waals surface area contributed by atoms with E-state index in [0.717, 1.165) is 38.8 Å². The number of carbonyl (C=O) groups excluding carboxylic acids is 2. The molecule has 1 heterocycles. The molecule has 8 heteroatoms. The van der Waals surface area contributed by atoms with Crippen LogP contribution in [-0.2, 0) is 28.5 Å². The smallest absolute Gasteiger partial charge is 0.303 e. The number of hydrogen-bond acceptors (Lipinski definition) is 8. The number of esters is 2. The van der Waals surface area contributed by atoms with E-state index in [1.807, 2.05) is 0 Å². The highest BCUT2D eigenvalue weighted by Crippen LogP contribution is 2.79. The van der Waals surface area contributed by atoms with Gasteiger partial charge in [0.05, 0.1) is 18.8 Å². The van der Waals surface area contributed by atoms with Crippen LogP contribution < -0.4 is 0 Å². The number of hydrogen-bond donors (Lipinski definition) is 1. The van der Waals surface area contributed by atoms with E-state index in [1.54, 1.807) is 14.2 Å². The molecule has 196 valence electrons. The first-order chi connectivity index (χ1) is 16.7. The lowest BCUT2D eigenvalue weighted by Gasteiger charge is -2.69. The summed E-state index contributed by atoms with van der Waals surface area (Å²) in [6.45, 7) is 7.67. The standard InChI is InChI=1S/C27H41NO7/c1-6-28-12-25(13-32-4)8-7-21(31)27-17-9-16-19(33-5)11-26(35-15(3)30,18(24(27)28)10-20(25)27)22(17)23(16)34-14(2)29/h16-24,31H,6-13H2,1-5H3/t16-,17-,18+,19+,20-,21+,22-,23+,24-,25+,26+,27-/m1/s1. The van der Waals surface area contributed by atoms with Crippen molar-refractivity contribution in [1.29, 1.82) is 0 Å². The normalized spacial score (nSPS) is 53.4. The number of rotatable bonds is 6. The molecule has 5 aliphatic carbocycles. The lowest BCUT2D eigenvalue weighted by Crippen LogP contribution is -2.76. The molecule has 0 unspecified atom stereocenters. The third-order valence-electron chi connectivity index (χ3n) is 11.5. The number of aliphatic hydroxyl groups is 1. The van der Waals surface area contributed by atoms with Gasteiger partial charge in [-0.05, 0) is 44.1 Å². The average molecular weight is 492 g/mol. The quantitative estimate of drug-likeness (QED) is 0.564. The molecule has 0 amide bonds. The van der Waals surface area contributed by atoms with E-state index >= 15 is 0 Å². The Balaban J connectivity index is 1.59. The van der Waals surface area contributed by atoms with Crippen molar-refractivity contribution in [2.75, 3.05) is 33.9 Å². The van der Waals surface area contributed by atoms with Gasteiger partial charge in [0, 0.05) is 75.7 Å². The van der Waals surface area contributed by atoms with Crippen LogP contribution in [0.25, 0.3) is 0 Å². The fourth-order valence-electron chi connectivity index (χ4n) is 11.1. The van der Waals surface area contributed by atoms with E-state index in [0.29, 0.717) is 13.0 Å². The summed E-state index contributed by atoms with van der Waals surface area (Å²) in [5.41, 5.74) is -1.12. The summed E-state index contributed by atoms with van der Waals surface area (Å²) < 4.78 is 24.4. The fourth-order valence-corrected chi connectivity index (χ4v) is 11.1. The highest BCUT2D eigenvalue weighted by Gasteiger charge is 2.85. The molecule has 1 N–H and O–H groups in total. The minimum atomic E-state index is -0.770. The van der Waals surface area contributed by atoms with Crippen LogP contribution in [-0.4, -0.2) is 85.8 Å². The maximum Gasteiger partial charge on any atom is 0.303 e. The van der Waals surface area contributed by atoms with Crippen molar-refractivity contribution in [3.63, 3.8) is 0 Å². The van der Waals surface area contributed by atoms with Gasteiger partial charge < -0.3 is 24.1 Å². The van der Waals surface area contributed by atoms with Crippen molar-refractivity contribution >= 4 is 11.9 Å². The van der Waals surface area contributed by atoms with E-state index in [-0.39, 0.29) is 70.6 Å². The van der Waals surface area contributed by atoms with Crippen molar-refractivity contribution in [2.45, 2.75) is 82.8 Å². The van der Waals surface area contributed by atoms with Gasteiger partial charge in [0.15, 0.2) is 0 Å². The van der Waals surface area contributed by atoms with Gasteiger partial charge in [-0.3, -0.25) is 14.5 Å². The number of nitrogens with zero attached hydrogens (tertiary/aromatic N) is 1. The number of likely N-dealkylation sites (tertiary alicyclic amines) is 1.